The maximum Gasteiger partial charge on any atom is 0.337 e. The molecule has 150 valence electrons. The van der Waals surface area contributed by atoms with Crippen LogP contribution >= 0.6 is 0 Å². The summed E-state index contributed by atoms with van der Waals surface area (Å²) in [4.78, 5) is 24.8. The molecule has 0 unspecified atom stereocenters. The van der Waals surface area contributed by atoms with Crippen LogP contribution in [0.4, 0.5) is 0 Å². The molecule has 0 saturated carbocycles. The summed E-state index contributed by atoms with van der Waals surface area (Å²) < 4.78 is 27.4. The summed E-state index contributed by atoms with van der Waals surface area (Å²) in [6.07, 6.45) is 5.30. The average Bonchev–Trinajstić information content (AvgIpc) is 3.33. The molecule has 0 aromatic heterocycles. The number of phenolic OH excluding ortho intramolecular Hbond substituents is 1. The van der Waals surface area contributed by atoms with Crippen LogP contribution in [0.25, 0.3) is 6.08 Å². The number of allylic oxidation sites excluding steroid dienone is 1. The zero-order valence-electron chi connectivity index (χ0n) is 15.7. The van der Waals surface area contributed by atoms with E-state index in [-0.39, 0.29) is 23.3 Å². The molecule has 29 heavy (non-hydrogen) atoms. The Hall–Kier alpha value is -3.26. The van der Waals surface area contributed by atoms with Crippen LogP contribution < -0.4 is 4.74 Å². The van der Waals surface area contributed by atoms with Gasteiger partial charge in [-0.1, -0.05) is 12.1 Å². The number of carbonyl (C=O) groups is 2. The molecule has 0 bridgehead atoms. The third-order valence-electron chi connectivity index (χ3n) is 5.87. The van der Waals surface area contributed by atoms with Gasteiger partial charge >= 0.3 is 11.9 Å². The summed E-state index contributed by atoms with van der Waals surface area (Å²) in [6.45, 7) is 0. The number of rotatable bonds is 3. The van der Waals surface area contributed by atoms with Crippen molar-refractivity contribution in [2.24, 2.45) is 11.8 Å². The van der Waals surface area contributed by atoms with E-state index in [4.69, 9.17) is 23.7 Å². The normalized spacial score (nSPS) is 34.9. The fraction of sp³-hybridized carbons (Fsp3) is 0.333. The first-order valence-corrected chi connectivity index (χ1v) is 9.09. The van der Waals surface area contributed by atoms with E-state index in [2.05, 4.69) is 0 Å². The minimum absolute atomic E-state index is 0.000336. The fourth-order valence-electron chi connectivity index (χ4n) is 4.57. The molecular weight excluding hydrogens is 380 g/mol. The number of esters is 2. The zero-order chi connectivity index (χ0) is 20.3. The first-order chi connectivity index (χ1) is 14.0. The van der Waals surface area contributed by atoms with Gasteiger partial charge in [0.05, 0.1) is 37.5 Å². The van der Waals surface area contributed by atoms with E-state index in [0.717, 1.165) is 0 Å². The Kier molecular flexibility index (Phi) is 3.76. The molecule has 5 rings (SSSR count). The second kappa shape index (κ2) is 6.12. The summed E-state index contributed by atoms with van der Waals surface area (Å²) in [6, 6.07) is 4.76. The van der Waals surface area contributed by atoms with Gasteiger partial charge in [0.1, 0.15) is 6.10 Å². The summed E-state index contributed by atoms with van der Waals surface area (Å²) >= 11 is 0. The Balaban J connectivity index is 1.52. The minimum Gasteiger partial charge on any atom is -0.504 e. The molecule has 8 nitrogen and oxygen atoms in total. The summed E-state index contributed by atoms with van der Waals surface area (Å²) in [5.74, 6) is -1.41. The third-order valence-corrected chi connectivity index (χ3v) is 5.87. The molecule has 1 aromatic rings. The van der Waals surface area contributed by atoms with E-state index in [1.54, 1.807) is 24.3 Å². The largest absolute Gasteiger partial charge is 0.504 e. The Morgan fingerprint density at radius 1 is 1.31 bits per heavy atom. The van der Waals surface area contributed by atoms with E-state index < -0.39 is 29.9 Å². The molecule has 1 spiro atoms. The van der Waals surface area contributed by atoms with Crippen LogP contribution in [0.2, 0.25) is 0 Å². The van der Waals surface area contributed by atoms with Crippen LogP contribution in [0.5, 0.6) is 11.5 Å². The first kappa shape index (κ1) is 17.8. The lowest BCUT2D eigenvalue weighted by atomic mass is 9.78. The topological polar surface area (TPSA) is 101 Å². The highest BCUT2D eigenvalue weighted by molar-refractivity contribution is 5.99. The lowest BCUT2D eigenvalue weighted by molar-refractivity contribution is -0.152. The Labute approximate surface area is 165 Å². The average molecular weight is 398 g/mol. The second-order valence-corrected chi connectivity index (χ2v) is 7.27. The van der Waals surface area contributed by atoms with Crippen LogP contribution in [-0.4, -0.2) is 49.3 Å². The fourth-order valence-corrected chi connectivity index (χ4v) is 4.57. The molecule has 1 aliphatic carbocycles. The predicted molar refractivity (Wildman–Crippen MR) is 97.4 cm³/mol. The summed E-state index contributed by atoms with van der Waals surface area (Å²) in [5.41, 5.74) is 0.311. The van der Waals surface area contributed by atoms with Crippen LogP contribution in [0.15, 0.2) is 47.8 Å². The molecule has 3 heterocycles. The Morgan fingerprint density at radius 3 is 2.90 bits per heavy atom. The van der Waals surface area contributed by atoms with Crippen molar-refractivity contribution in [3.63, 3.8) is 0 Å². The SMILES string of the molecule is COC(=O)C1=CO[C@H]2O[C@@H]3/C(=C\c4ccc(O)c(OC)c4)C(=O)O[C@@]34C=C[C@H]1[C@H]24. The van der Waals surface area contributed by atoms with E-state index in [1.807, 2.05) is 6.08 Å². The monoisotopic (exact) mass is 398 g/mol. The number of benzene rings is 1. The van der Waals surface area contributed by atoms with E-state index in [1.165, 1.54) is 26.5 Å². The zero-order valence-corrected chi connectivity index (χ0v) is 15.7. The molecular formula is C21H18O8. The van der Waals surface area contributed by atoms with Crippen LogP contribution in [0.3, 0.4) is 0 Å². The maximum absolute atomic E-state index is 12.7. The minimum atomic E-state index is -1.03. The van der Waals surface area contributed by atoms with Crippen molar-refractivity contribution in [1.82, 2.24) is 0 Å². The van der Waals surface area contributed by atoms with Crippen LogP contribution in [0.1, 0.15) is 5.56 Å². The van der Waals surface area contributed by atoms with Crippen LogP contribution in [0, 0.1) is 11.8 Å². The molecule has 1 N–H and O–H groups in total. The molecule has 0 amide bonds. The Bertz CT molecular complexity index is 1010. The third kappa shape index (κ3) is 2.35. The van der Waals surface area contributed by atoms with Gasteiger partial charge in [0.2, 0.25) is 6.29 Å². The highest BCUT2D eigenvalue weighted by Crippen LogP contribution is 2.58. The van der Waals surface area contributed by atoms with Gasteiger partial charge in [-0.2, -0.15) is 0 Å². The van der Waals surface area contributed by atoms with Crippen molar-refractivity contribution in [3.8, 4) is 11.5 Å². The molecule has 3 aliphatic heterocycles. The Morgan fingerprint density at radius 2 is 2.14 bits per heavy atom. The molecule has 2 saturated heterocycles. The highest BCUT2D eigenvalue weighted by atomic mass is 16.7. The van der Waals surface area contributed by atoms with Crippen molar-refractivity contribution in [3.05, 3.63) is 53.3 Å². The van der Waals surface area contributed by atoms with Gasteiger partial charge in [-0.25, -0.2) is 9.59 Å². The van der Waals surface area contributed by atoms with Gasteiger partial charge in [-0.05, 0) is 29.8 Å². The molecule has 5 atom stereocenters. The quantitative estimate of drug-likeness (QED) is 0.467. The van der Waals surface area contributed by atoms with Gasteiger partial charge < -0.3 is 28.8 Å². The molecule has 8 heteroatoms. The summed E-state index contributed by atoms with van der Waals surface area (Å²) in [7, 11) is 2.75. The molecule has 2 fully saturated rings. The predicted octanol–water partition coefficient (Wildman–Crippen LogP) is 1.69. The summed E-state index contributed by atoms with van der Waals surface area (Å²) in [5, 5.41) is 9.78. The van der Waals surface area contributed by atoms with E-state index in [9.17, 15) is 14.7 Å². The van der Waals surface area contributed by atoms with Gasteiger partial charge in [0.15, 0.2) is 17.1 Å². The molecule has 4 aliphatic rings. The van der Waals surface area contributed by atoms with E-state index >= 15 is 0 Å². The molecule has 0 radical (unpaired) electrons. The number of carbonyl (C=O) groups excluding carboxylic acids is 2. The number of hydrogen-bond donors (Lipinski definition) is 1. The van der Waals surface area contributed by atoms with Crippen molar-refractivity contribution < 1.29 is 38.4 Å². The highest BCUT2D eigenvalue weighted by Gasteiger charge is 2.70. The van der Waals surface area contributed by atoms with Gasteiger partial charge in [-0.3, -0.25) is 0 Å². The smallest absolute Gasteiger partial charge is 0.337 e. The molecule has 1 aromatic carbocycles. The van der Waals surface area contributed by atoms with Crippen molar-refractivity contribution in [2.45, 2.75) is 18.0 Å². The van der Waals surface area contributed by atoms with Crippen molar-refractivity contribution in [1.29, 1.82) is 0 Å². The number of phenols is 1. The number of hydrogen-bond acceptors (Lipinski definition) is 8. The number of methoxy groups -OCH3 is 2. The van der Waals surface area contributed by atoms with Gasteiger partial charge in [0.25, 0.3) is 0 Å². The van der Waals surface area contributed by atoms with Gasteiger partial charge in [-0.15, -0.1) is 0 Å². The van der Waals surface area contributed by atoms with Crippen LogP contribution in [-0.2, 0) is 28.5 Å². The standard InChI is InChI=1S/C21H18O8/c1-25-15-8-10(3-4-14(15)22)7-12-17-21(29-19(12)24)6-5-11-13(18(23)26-2)9-27-20(28-17)16(11)21/h3-9,11,16-17,20,22H,1-2H3/b12-7+/t11-,16-,17-,20+,21-/m1/s1. The van der Waals surface area contributed by atoms with Crippen molar-refractivity contribution >= 4 is 18.0 Å². The second-order valence-electron chi connectivity index (χ2n) is 7.27. The van der Waals surface area contributed by atoms with E-state index in [0.29, 0.717) is 16.7 Å². The number of ether oxygens (including phenoxy) is 5. The maximum atomic E-state index is 12.7. The lowest BCUT2D eigenvalue weighted by Crippen LogP contribution is -2.43. The first-order valence-electron chi connectivity index (χ1n) is 9.09. The van der Waals surface area contributed by atoms with Gasteiger partial charge in [0, 0.05) is 5.92 Å². The van der Waals surface area contributed by atoms with Crippen molar-refractivity contribution in [2.75, 3.05) is 14.2 Å². The number of aromatic hydroxyl groups is 1. The lowest BCUT2D eigenvalue weighted by Gasteiger charge is -2.32.